The first kappa shape index (κ1) is 14.9. The Morgan fingerprint density at radius 1 is 1.50 bits per heavy atom. The molecule has 1 fully saturated rings. The first-order valence-electron chi connectivity index (χ1n) is 6.50. The summed E-state index contributed by atoms with van der Waals surface area (Å²) >= 11 is 0. The molecule has 1 aliphatic rings. The highest BCUT2D eigenvalue weighted by Gasteiger charge is 2.17. The van der Waals surface area contributed by atoms with Gasteiger partial charge in [0.1, 0.15) is 11.6 Å². The van der Waals surface area contributed by atoms with E-state index in [2.05, 4.69) is 15.0 Å². The lowest BCUT2D eigenvalue weighted by Crippen LogP contribution is -2.26. The van der Waals surface area contributed by atoms with E-state index in [0.29, 0.717) is 19.0 Å². The number of ether oxygens (including phenoxy) is 3. The van der Waals surface area contributed by atoms with E-state index in [1.807, 2.05) is 6.92 Å². The zero-order chi connectivity index (χ0) is 14.4. The molecule has 1 aliphatic heterocycles. The molecule has 0 amide bonds. The molecule has 1 aromatic heterocycles. The van der Waals surface area contributed by atoms with Gasteiger partial charge in [-0.1, -0.05) is 0 Å². The first-order chi connectivity index (χ1) is 9.63. The van der Waals surface area contributed by atoms with E-state index in [4.69, 9.17) is 9.47 Å². The van der Waals surface area contributed by atoms with E-state index in [1.165, 1.54) is 12.3 Å². The second-order valence-corrected chi connectivity index (χ2v) is 4.62. The molecule has 0 unspecified atom stereocenters. The van der Waals surface area contributed by atoms with Crippen molar-refractivity contribution in [2.45, 2.75) is 32.1 Å². The molecular weight excluding hydrogens is 270 g/mol. The summed E-state index contributed by atoms with van der Waals surface area (Å²) in [6, 6.07) is 3.09. The molecule has 7 heteroatoms. The van der Waals surface area contributed by atoms with Gasteiger partial charge < -0.3 is 19.5 Å². The third-order valence-electron chi connectivity index (χ3n) is 2.83. The summed E-state index contributed by atoms with van der Waals surface area (Å²) in [6.45, 7) is 1.05. The van der Waals surface area contributed by atoms with Crippen LogP contribution in [-0.2, 0) is 9.47 Å². The minimum atomic E-state index is -2.84. The summed E-state index contributed by atoms with van der Waals surface area (Å²) in [6.07, 6.45) is 2.34. The Morgan fingerprint density at radius 2 is 2.35 bits per heavy atom. The highest BCUT2D eigenvalue weighted by Crippen LogP contribution is 2.15. The third kappa shape index (κ3) is 4.90. The molecule has 0 radical (unpaired) electrons. The molecule has 5 nitrogen and oxygen atoms in total. The van der Waals surface area contributed by atoms with Crippen molar-refractivity contribution in [3.05, 3.63) is 18.3 Å². The number of alkyl halides is 2. The van der Waals surface area contributed by atoms with Crippen LogP contribution in [0.2, 0.25) is 0 Å². The van der Waals surface area contributed by atoms with E-state index in [1.54, 1.807) is 6.07 Å². The molecule has 0 bridgehead atoms. The maximum atomic E-state index is 12.0. The lowest BCUT2D eigenvalue weighted by molar-refractivity contribution is -0.0500. The van der Waals surface area contributed by atoms with Crippen molar-refractivity contribution < 1.29 is 23.0 Å². The van der Waals surface area contributed by atoms with Gasteiger partial charge in [0.25, 0.3) is 0 Å². The number of nitrogens with one attached hydrogen (secondary N) is 1. The summed E-state index contributed by atoms with van der Waals surface area (Å²) in [5.41, 5.74) is 0. The standard InChI is InChI=1S/C13H18F2N2O3/c1-9(7-19-11-4-5-18-8-11)17-12-3-2-10(6-16-12)20-13(14)15/h2-3,6,9,11,13H,4-5,7-8H2,1H3,(H,16,17)/t9-,11+/m0/s1. The number of nitrogens with zero attached hydrogens (tertiary/aromatic N) is 1. The van der Waals surface area contributed by atoms with Crippen LogP contribution in [0.15, 0.2) is 18.3 Å². The number of rotatable bonds is 7. The molecule has 1 aromatic rings. The minimum absolute atomic E-state index is 0.0394. The zero-order valence-electron chi connectivity index (χ0n) is 11.2. The van der Waals surface area contributed by atoms with Gasteiger partial charge in [-0.2, -0.15) is 8.78 Å². The topological polar surface area (TPSA) is 52.6 Å². The lowest BCUT2D eigenvalue weighted by Gasteiger charge is -2.17. The maximum absolute atomic E-state index is 12.0. The fourth-order valence-corrected chi connectivity index (χ4v) is 1.86. The fourth-order valence-electron chi connectivity index (χ4n) is 1.86. The molecule has 20 heavy (non-hydrogen) atoms. The summed E-state index contributed by atoms with van der Waals surface area (Å²) in [5.74, 6) is 0.628. The van der Waals surface area contributed by atoms with Crippen LogP contribution in [0.5, 0.6) is 5.75 Å². The predicted octanol–water partition coefficient (Wildman–Crippen LogP) is 2.29. The number of halogens is 2. The molecule has 1 saturated heterocycles. The average molecular weight is 288 g/mol. The van der Waals surface area contributed by atoms with Crippen LogP contribution in [0.1, 0.15) is 13.3 Å². The van der Waals surface area contributed by atoms with Crippen molar-refractivity contribution in [1.29, 1.82) is 0 Å². The maximum Gasteiger partial charge on any atom is 0.387 e. The average Bonchev–Trinajstić information content (AvgIpc) is 2.91. The van der Waals surface area contributed by atoms with Gasteiger partial charge in [0.2, 0.25) is 0 Å². The van der Waals surface area contributed by atoms with Crippen LogP contribution in [0.3, 0.4) is 0 Å². The van der Waals surface area contributed by atoms with E-state index in [9.17, 15) is 8.78 Å². The van der Waals surface area contributed by atoms with Gasteiger partial charge in [-0.15, -0.1) is 0 Å². The Morgan fingerprint density at radius 3 is 2.95 bits per heavy atom. The third-order valence-corrected chi connectivity index (χ3v) is 2.83. The van der Waals surface area contributed by atoms with E-state index in [0.717, 1.165) is 13.0 Å². The largest absolute Gasteiger partial charge is 0.433 e. The van der Waals surface area contributed by atoms with Gasteiger partial charge in [0.15, 0.2) is 0 Å². The summed E-state index contributed by atoms with van der Waals surface area (Å²) in [7, 11) is 0. The molecule has 0 spiro atoms. The zero-order valence-corrected chi connectivity index (χ0v) is 11.2. The Labute approximate surface area is 116 Å². The van der Waals surface area contributed by atoms with Crippen molar-refractivity contribution in [2.75, 3.05) is 25.1 Å². The minimum Gasteiger partial charge on any atom is -0.433 e. The normalized spacial score (nSPS) is 20.1. The summed E-state index contributed by atoms with van der Waals surface area (Å²) in [5, 5.41) is 3.13. The number of anilines is 1. The van der Waals surface area contributed by atoms with Crippen molar-refractivity contribution >= 4 is 5.82 Å². The number of hydrogen-bond donors (Lipinski definition) is 1. The number of hydrogen-bond acceptors (Lipinski definition) is 5. The van der Waals surface area contributed by atoms with Crippen LogP contribution in [0.4, 0.5) is 14.6 Å². The van der Waals surface area contributed by atoms with Gasteiger partial charge in [-0.3, -0.25) is 0 Å². The van der Waals surface area contributed by atoms with Crippen molar-refractivity contribution in [3.63, 3.8) is 0 Å². The highest BCUT2D eigenvalue weighted by molar-refractivity contribution is 5.38. The lowest BCUT2D eigenvalue weighted by atomic mass is 10.3. The number of aromatic nitrogens is 1. The monoisotopic (exact) mass is 288 g/mol. The van der Waals surface area contributed by atoms with Crippen LogP contribution in [0.25, 0.3) is 0 Å². The quantitative estimate of drug-likeness (QED) is 0.834. The van der Waals surface area contributed by atoms with Crippen LogP contribution in [0, 0.1) is 0 Å². The molecule has 0 aliphatic carbocycles. The van der Waals surface area contributed by atoms with Gasteiger partial charge in [-0.25, -0.2) is 4.98 Å². The highest BCUT2D eigenvalue weighted by atomic mass is 19.3. The molecule has 2 rings (SSSR count). The van der Waals surface area contributed by atoms with Crippen LogP contribution < -0.4 is 10.1 Å². The molecular formula is C13H18F2N2O3. The molecule has 2 heterocycles. The van der Waals surface area contributed by atoms with Crippen molar-refractivity contribution in [1.82, 2.24) is 4.98 Å². The molecule has 0 aromatic carbocycles. The van der Waals surface area contributed by atoms with Gasteiger partial charge >= 0.3 is 6.61 Å². The predicted molar refractivity (Wildman–Crippen MR) is 69.1 cm³/mol. The smallest absolute Gasteiger partial charge is 0.387 e. The van der Waals surface area contributed by atoms with E-state index >= 15 is 0 Å². The van der Waals surface area contributed by atoms with Gasteiger partial charge in [-0.05, 0) is 25.5 Å². The van der Waals surface area contributed by atoms with Crippen LogP contribution >= 0.6 is 0 Å². The Kier molecular flexibility index (Phi) is 5.49. The summed E-state index contributed by atoms with van der Waals surface area (Å²) in [4.78, 5) is 4.00. The molecule has 1 N–H and O–H groups in total. The van der Waals surface area contributed by atoms with Crippen molar-refractivity contribution in [3.8, 4) is 5.75 Å². The molecule has 112 valence electrons. The van der Waals surface area contributed by atoms with Gasteiger partial charge in [0, 0.05) is 12.6 Å². The van der Waals surface area contributed by atoms with E-state index < -0.39 is 6.61 Å². The molecule has 0 saturated carbocycles. The van der Waals surface area contributed by atoms with Gasteiger partial charge in [0.05, 0.1) is 25.5 Å². The first-order valence-corrected chi connectivity index (χ1v) is 6.50. The summed E-state index contributed by atoms with van der Waals surface area (Å²) < 4.78 is 39.1. The van der Waals surface area contributed by atoms with Crippen molar-refractivity contribution in [2.24, 2.45) is 0 Å². The molecule has 2 atom stereocenters. The Hall–Kier alpha value is -1.47. The fraction of sp³-hybridized carbons (Fsp3) is 0.615. The second-order valence-electron chi connectivity index (χ2n) is 4.62. The second kappa shape index (κ2) is 7.35. The Bertz CT molecular complexity index is 397. The van der Waals surface area contributed by atoms with Crippen LogP contribution in [-0.4, -0.2) is 43.6 Å². The Balaban J connectivity index is 1.74. The number of pyridine rings is 1. The SMILES string of the molecule is C[C@@H](CO[C@@H]1CCOC1)Nc1ccc(OC(F)F)cn1. The van der Waals surface area contributed by atoms with E-state index in [-0.39, 0.29) is 17.9 Å².